The molecule has 0 aromatic rings. The van der Waals surface area contributed by atoms with Gasteiger partial charge in [0.25, 0.3) is 0 Å². The van der Waals surface area contributed by atoms with Crippen LogP contribution in [0.15, 0.2) is 12.2 Å². The summed E-state index contributed by atoms with van der Waals surface area (Å²) in [5.41, 5.74) is 0.0648. The zero-order chi connectivity index (χ0) is 5.15. The Labute approximate surface area is 52.7 Å². The minimum Gasteiger partial charge on any atom is -0.545 e. The van der Waals surface area contributed by atoms with Gasteiger partial charge in [0.1, 0.15) is 0 Å². The zero-order valence-corrected chi connectivity index (χ0v) is 4.98. The van der Waals surface area contributed by atoms with Crippen LogP contribution in [0.1, 0.15) is 6.92 Å². The number of carboxylic acid groups (broad SMARTS) is 1. The summed E-state index contributed by atoms with van der Waals surface area (Å²) in [6.45, 7) is 4.48. The second-order valence-electron chi connectivity index (χ2n) is 1.07. The maximum absolute atomic E-state index is 9.49. The van der Waals surface area contributed by atoms with Gasteiger partial charge < -0.3 is 9.90 Å². The molecule has 0 rings (SSSR count). The number of rotatable bonds is 1. The third kappa shape index (κ3) is 5.73. The summed E-state index contributed by atoms with van der Waals surface area (Å²) in [5, 5.41) is 9.49. The van der Waals surface area contributed by atoms with Crippen molar-refractivity contribution in [1.82, 2.24) is 0 Å². The second-order valence-corrected chi connectivity index (χ2v) is 1.07. The predicted octanol–water partition coefficient (Wildman–Crippen LogP) is -0.690. The van der Waals surface area contributed by atoms with Crippen LogP contribution in [0.25, 0.3) is 0 Å². The molecule has 1 radical (unpaired) electrons. The van der Waals surface area contributed by atoms with E-state index < -0.39 is 5.97 Å². The van der Waals surface area contributed by atoms with Gasteiger partial charge in [-0.2, -0.15) is 0 Å². The molecule has 0 unspecified atom stereocenters. The normalized spacial score (nSPS) is 6.43. The van der Waals surface area contributed by atoms with Gasteiger partial charge in [-0.05, 0) is 12.5 Å². The molecule has 0 atom stereocenters. The Morgan fingerprint density at radius 1 is 1.71 bits per heavy atom. The van der Waals surface area contributed by atoms with Crippen molar-refractivity contribution in [1.29, 1.82) is 0 Å². The first-order valence-electron chi connectivity index (χ1n) is 1.51. The molecule has 0 spiro atoms. The Morgan fingerprint density at radius 3 is 1.86 bits per heavy atom. The molecule has 0 aromatic carbocycles. The van der Waals surface area contributed by atoms with E-state index in [-0.39, 0.29) is 22.6 Å². The average Bonchev–Trinajstić information content (AvgIpc) is 1.36. The average molecular weight is 141 g/mol. The molecule has 3 heteroatoms. The van der Waals surface area contributed by atoms with Gasteiger partial charge in [0, 0.05) is 0 Å². The molecule has 0 saturated carbocycles. The van der Waals surface area contributed by atoms with Crippen LogP contribution < -0.4 is 5.11 Å². The van der Waals surface area contributed by atoms with Gasteiger partial charge in [0.2, 0.25) is 0 Å². The van der Waals surface area contributed by atoms with Gasteiger partial charge >= 0.3 is 17.1 Å². The number of hydrogen-bond donors (Lipinski definition) is 0. The Bertz CT molecular complexity index is 75.7. The maximum atomic E-state index is 9.49. The van der Waals surface area contributed by atoms with Crippen LogP contribution in [0.2, 0.25) is 0 Å². The number of hydrogen-bond acceptors (Lipinski definition) is 2. The molecular formula is C4H5FeO2. The first-order valence-corrected chi connectivity index (χ1v) is 1.51. The van der Waals surface area contributed by atoms with Crippen LogP contribution in [0, 0.1) is 0 Å². The van der Waals surface area contributed by atoms with E-state index in [1.165, 1.54) is 6.92 Å². The molecule has 0 amide bonds. The topological polar surface area (TPSA) is 40.1 Å². The standard InChI is InChI=1S/C4H6O2.Fe/c1-3(2)4(5)6;/h1H2,2H3,(H,5,6);/q;+1/p-1. The van der Waals surface area contributed by atoms with Crippen molar-refractivity contribution in [2.75, 3.05) is 0 Å². The van der Waals surface area contributed by atoms with Gasteiger partial charge in [-0.25, -0.2) is 0 Å². The van der Waals surface area contributed by atoms with E-state index >= 15 is 0 Å². The largest absolute Gasteiger partial charge is 1.00 e. The van der Waals surface area contributed by atoms with Crippen molar-refractivity contribution in [2.24, 2.45) is 0 Å². The molecule has 0 aromatic heterocycles. The van der Waals surface area contributed by atoms with Crippen molar-refractivity contribution in [3.8, 4) is 0 Å². The second kappa shape index (κ2) is 3.90. The summed E-state index contributed by atoms with van der Waals surface area (Å²) >= 11 is 0. The quantitative estimate of drug-likeness (QED) is 0.358. The molecule has 0 fully saturated rings. The van der Waals surface area contributed by atoms with E-state index in [9.17, 15) is 9.90 Å². The Hall–Kier alpha value is -0.271. The van der Waals surface area contributed by atoms with Crippen LogP contribution in [0.4, 0.5) is 0 Å². The first-order chi connectivity index (χ1) is 2.64. The Morgan fingerprint density at radius 2 is 1.86 bits per heavy atom. The summed E-state index contributed by atoms with van der Waals surface area (Å²) in [4.78, 5) is 9.49. The van der Waals surface area contributed by atoms with Gasteiger partial charge in [-0.1, -0.05) is 6.58 Å². The molecule has 0 saturated heterocycles. The molecule has 0 N–H and O–H groups in total. The monoisotopic (exact) mass is 141 g/mol. The first kappa shape index (κ1) is 9.88. The molecule has 0 heterocycles. The fourth-order valence-corrected chi connectivity index (χ4v) is 0. The van der Waals surface area contributed by atoms with Crippen LogP contribution >= 0.6 is 0 Å². The smallest absolute Gasteiger partial charge is 0.545 e. The predicted molar refractivity (Wildman–Crippen MR) is 19.8 cm³/mol. The number of carbonyl (C=O) groups is 1. The fraction of sp³-hybridized carbons (Fsp3) is 0.250. The number of carboxylic acids is 1. The Balaban J connectivity index is 0. The third-order valence-electron chi connectivity index (χ3n) is 0.348. The third-order valence-corrected chi connectivity index (χ3v) is 0.348. The number of aliphatic carboxylic acids is 1. The zero-order valence-electron chi connectivity index (χ0n) is 3.88. The molecule has 0 bridgehead atoms. The van der Waals surface area contributed by atoms with E-state index in [2.05, 4.69) is 6.58 Å². The van der Waals surface area contributed by atoms with E-state index in [0.717, 1.165) is 0 Å². The molecule has 0 aliphatic rings. The molecule has 2 nitrogen and oxygen atoms in total. The summed E-state index contributed by atoms with van der Waals surface area (Å²) in [5.74, 6) is -1.19. The van der Waals surface area contributed by atoms with Crippen molar-refractivity contribution >= 4 is 5.97 Å². The summed E-state index contributed by atoms with van der Waals surface area (Å²) in [6.07, 6.45) is 0. The van der Waals surface area contributed by atoms with Crippen molar-refractivity contribution < 1.29 is 27.0 Å². The summed E-state index contributed by atoms with van der Waals surface area (Å²) in [7, 11) is 0. The van der Waals surface area contributed by atoms with Gasteiger partial charge in [-0.3, -0.25) is 0 Å². The molecule has 41 valence electrons. The van der Waals surface area contributed by atoms with Gasteiger partial charge in [0.05, 0.1) is 5.97 Å². The SMILES string of the molecule is C=C(C)C(=O)[O-].[Fe+]. The Kier molecular flexibility index (Phi) is 5.51. The van der Waals surface area contributed by atoms with Crippen LogP contribution in [-0.2, 0) is 21.9 Å². The molecular weight excluding hydrogens is 136 g/mol. The van der Waals surface area contributed by atoms with Crippen LogP contribution in [0.3, 0.4) is 0 Å². The maximum Gasteiger partial charge on any atom is 1.00 e. The minimum atomic E-state index is -1.19. The van der Waals surface area contributed by atoms with E-state index in [0.29, 0.717) is 0 Å². The summed E-state index contributed by atoms with van der Waals surface area (Å²) in [6, 6.07) is 0. The fourth-order valence-electron chi connectivity index (χ4n) is 0. The van der Waals surface area contributed by atoms with E-state index in [4.69, 9.17) is 0 Å². The summed E-state index contributed by atoms with van der Waals surface area (Å²) < 4.78 is 0. The molecule has 7 heavy (non-hydrogen) atoms. The van der Waals surface area contributed by atoms with Crippen molar-refractivity contribution in [3.63, 3.8) is 0 Å². The van der Waals surface area contributed by atoms with E-state index in [1.54, 1.807) is 0 Å². The number of carbonyl (C=O) groups excluding carboxylic acids is 1. The van der Waals surface area contributed by atoms with Crippen molar-refractivity contribution in [3.05, 3.63) is 12.2 Å². The van der Waals surface area contributed by atoms with Gasteiger partial charge in [-0.15, -0.1) is 0 Å². The van der Waals surface area contributed by atoms with Crippen LogP contribution in [-0.4, -0.2) is 5.97 Å². The van der Waals surface area contributed by atoms with Gasteiger partial charge in [0.15, 0.2) is 0 Å². The van der Waals surface area contributed by atoms with Crippen molar-refractivity contribution in [2.45, 2.75) is 6.92 Å². The molecule has 0 aliphatic carbocycles. The minimum absolute atomic E-state index is 0. The molecule has 0 aliphatic heterocycles. The van der Waals surface area contributed by atoms with E-state index in [1.807, 2.05) is 0 Å². The van der Waals surface area contributed by atoms with Crippen LogP contribution in [0.5, 0.6) is 0 Å².